The molecule has 1 aromatic rings. The van der Waals surface area contributed by atoms with Crippen LogP contribution in [0.4, 0.5) is 0 Å². The molecule has 2 amide bonds. The van der Waals surface area contributed by atoms with E-state index in [2.05, 4.69) is 12.2 Å². The number of carbonyl (C=O) groups excluding carboxylic acids is 2. The second kappa shape index (κ2) is 5.83. The second-order valence-corrected chi connectivity index (χ2v) is 7.34. The highest BCUT2D eigenvalue weighted by Crippen LogP contribution is 2.47. The Bertz CT molecular complexity index is 607. The third-order valence-corrected chi connectivity index (χ3v) is 5.85. The number of hydrogen-bond donors (Lipinski definition) is 1. The van der Waals surface area contributed by atoms with Gasteiger partial charge in [-0.25, -0.2) is 0 Å². The van der Waals surface area contributed by atoms with Gasteiger partial charge in [-0.1, -0.05) is 12.1 Å². The van der Waals surface area contributed by atoms with E-state index in [1.807, 2.05) is 24.3 Å². The number of amides is 2. The van der Waals surface area contributed by atoms with Crippen LogP contribution in [0.3, 0.4) is 0 Å². The van der Waals surface area contributed by atoms with E-state index in [0.717, 1.165) is 17.7 Å². The minimum absolute atomic E-state index is 0.0747. The number of fused-ring (bicyclic) bond motifs is 1. The van der Waals surface area contributed by atoms with Crippen LogP contribution in [-0.4, -0.2) is 40.5 Å². The fraction of sp³-hybridized carbons (Fsp3) is 0.500. The maximum atomic E-state index is 12.5. The molecule has 6 heteroatoms. The van der Waals surface area contributed by atoms with E-state index in [1.54, 1.807) is 23.8 Å². The number of methoxy groups -OCH3 is 1. The van der Waals surface area contributed by atoms with E-state index >= 15 is 0 Å². The molecule has 2 atom stereocenters. The lowest BCUT2D eigenvalue weighted by atomic mass is 10.2. The van der Waals surface area contributed by atoms with E-state index in [0.29, 0.717) is 18.7 Å². The average molecular weight is 320 g/mol. The van der Waals surface area contributed by atoms with E-state index in [1.165, 1.54) is 0 Å². The highest BCUT2D eigenvalue weighted by Gasteiger charge is 2.52. The third-order valence-electron chi connectivity index (χ3n) is 4.35. The molecule has 2 saturated heterocycles. The summed E-state index contributed by atoms with van der Waals surface area (Å²) in [6.07, 6.45) is 1.37. The van der Waals surface area contributed by atoms with Crippen molar-refractivity contribution in [2.45, 2.75) is 37.2 Å². The van der Waals surface area contributed by atoms with Gasteiger partial charge in [-0.05, 0) is 31.0 Å². The predicted octanol–water partition coefficient (Wildman–Crippen LogP) is 1.77. The molecule has 0 aromatic heterocycles. The van der Waals surface area contributed by atoms with Crippen molar-refractivity contribution in [3.8, 4) is 5.75 Å². The zero-order valence-electron chi connectivity index (χ0n) is 12.8. The van der Waals surface area contributed by atoms with Crippen LogP contribution in [0.2, 0.25) is 0 Å². The lowest BCUT2D eigenvalue weighted by Gasteiger charge is -2.29. The van der Waals surface area contributed by atoms with E-state index < -0.39 is 0 Å². The number of thioether (sulfide) groups is 1. The monoisotopic (exact) mass is 320 g/mol. The molecule has 2 fully saturated rings. The van der Waals surface area contributed by atoms with Crippen molar-refractivity contribution in [3.05, 3.63) is 29.8 Å². The largest absolute Gasteiger partial charge is 0.497 e. The molecule has 0 saturated carbocycles. The summed E-state index contributed by atoms with van der Waals surface area (Å²) in [5, 5.41) is 2.94. The first-order valence-corrected chi connectivity index (χ1v) is 8.39. The number of nitrogens with zero attached hydrogens (tertiary/aromatic N) is 1. The minimum atomic E-state index is -0.351. The Morgan fingerprint density at radius 3 is 3.14 bits per heavy atom. The normalized spacial score (nSPS) is 26.9. The average Bonchev–Trinajstić information content (AvgIpc) is 3.02. The number of nitrogens with one attached hydrogen (secondary N) is 1. The van der Waals surface area contributed by atoms with Gasteiger partial charge in [-0.3, -0.25) is 9.59 Å². The summed E-state index contributed by atoms with van der Waals surface area (Å²) in [4.78, 5) is 26.1. The summed E-state index contributed by atoms with van der Waals surface area (Å²) in [7, 11) is 1.62. The molecule has 1 aromatic carbocycles. The number of benzene rings is 1. The van der Waals surface area contributed by atoms with Crippen LogP contribution in [0.25, 0.3) is 0 Å². The number of hydrogen-bond acceptors (Lipinski definition) is 4. The van der Waals surface area contributed by atoms with Gasteiger partial charge in [-0.15, -0.1) is 11.8 Å². The topological polar surface area (TPSA) is 58.6 Å². The maximum Gasteiger partial charge on any atom is 0.243 e. The zero-order valence-corrected chi connectivity index (χ0v) is 13.6. The molecule has 2 aliphatic rings. The molecule has 0 bridgehead atoms. The molecular formula is C16H20N2O3S. The van der Waals surface area contributed by atoms with Crippen LogP contribution >= 0.6 is 11.8 Å². The van der Waals surface area contributed by atoms with Gasteiger partial charge in [-0.2, -0.15) is 0 Å². The summed E-state index contributed by atoms with van der Waals surface area (Å²) in [6, 6.07) is 7.25. The molecule has 118 valence electrons. The van der Waals surface area contributed by atoms with Crippen molar-refractivity contribution >= 4 is 23.6 Å². The molecule has 3 rings (SSSR count). The smallest absolute Gasteiger partial charge is 0.243 e. The first kappa shape index (κ1) is 15.2. The summed E-state index contributed by atoms with van der Waals surface area (Å²) < 4.78 is 5.18. The van der Waals surface area contributed by atoms with E-state index in [4.69, 9.17) is 4.74 Å². The molecule has 0 unspecified atom stereocenters. The Hall–Kier alpha value is -1.69. The predicted molar refractivity (Wildman–Crippen MR) is 85.6 cm³/mol. The lowest BCUT2D eigenvalue weighted by molar-refractivity contribution is -0.138. The second-order valence-electron chi connectivity index (χ2n) is 5.83. The summed E-state index contributed by atoms with van der Waals surface area (Å²) in [6.45, 7) is 2.49. The lowest BCUT2D eigenvalue weighted by Crippen LogP contribution is -2.49. The molecule has 5 nitrogen and oxygen atoms in total. The number of carbonyl (C=O) groups is 2. The van der Waals surface area contributed by atoms with Gasteiger partial charge in [0.15, 0.2) is 0 Å². The highest BCUT2D eigenvalue weighted by atomic mass is 32.2. The summed E-state index contributed by atoms with van der Waals surface area (Å²) >= 11 is 1.71. The summed E-state index contributed by atoms with van der Waals surface area (Å²) in [5.41, 5.74) is 0.980. The molecule has 0 spiro atoms. The third kappa shape index (κ3) is 2.67. The molecule has 1 N–H and O–H groups in total. The standard InChI is InChI=1S/C16H20N2O3S/c1-16-7-6-14(19)18(16)13(10-22-16)15(20)17-9-11-4-3-5-12(8-11)21-2/h3-5,8,13H,6-7,9-10H2,1-2H3,(H,17,20)/t13-,16-/m1/s1. The Kier molecular flexibility index (Phi) is 4.04. The fourth-order valence-corrected chi connectivity index (χ4v) is 4.54. The van der Waals surface area contributed by atoms with Gasteiger partial charge < -0.3 is 15.0 Å². The van der Waals surface area contributed by atoms with Gasteiger partial charge in [0.05, 0.1) is 12.0 Å². The van der Waals surface area contributed by atoms with Crippen LogP contribution < -0.4 is 10.1 Å². The summed E-state index contributed by atoms with van der Waals surface area (Å²) in [5.74, 6) is 1.46. The van der Waals surface area contributed by atoms with Crippen LogP contribution in [0.15, 0.2) is 24.3 Å². The van der Waals surface area contributed by atoms with Gasteiger partial charge in [0.2, 0.25) is 11.8 Å². The van der Waals surface area contributed by atoms with Crippen molar-refractivity contribution in [2.75, 3.05) is 12.9 Å². The first-order chi connectivity index (χ1) is 10.5. The minimum Gasteiger partial charge on any atom is -0.497 e. The Morgan fingerprint density at radius 2 is 2.36 bits per heavy atom. The highest BCUT2D eigenvalue weighted by molar-refractivity contribution is 8.01. The molecule has 2 heterocycles. The Balaban J connectivity index is 1.64. The molecule has 0 radical (unpaired) electrons. The van der Waals surface area contributed by atoms with Crippen molar-refractivity contribution in [2.24, 2.45) is 0 Å². The van der Waals surface area contributed by atoms with Crippen LogP contribution in [-0.2, 0) is 16.1 Å². The first-order valence-electron chi connectivity index (χ1n) is 7.40. The quantitative estimate of drug-likeness (QED) is 0.918. The van der Waals surface area contributed by atoms with Crippen LogP contribution in [0.1, 0.15) is 25.3 Å². The van der Waals surface area contributed by atoms with Crippen LogP contribution in [0, 0.1) is 0 Å². The Morgan fingerprint density at radius 1 is 1.55 bits per heavy atom. The van der Waals surface area contributed by atoms with Crippen molar-refractivity contribution in [3.63, 3.8) is 0 Å². The van der Waals surface area contributed by atoms with Gasteiger partial charge in [0.1, 0.15) is 11.8 Å². The zero-order chi connectivity index (χ0) is 15.7. The SMILES string of the molecule is COc1cccc(CNC(=O)[C@H]2CS[C@]3(C)CCC(=O)N23)c1. The number of ether oxygens (including phenoxy) is 1. The van der Waals surface area contributed by atoms with Crippen molar-refractivity contribution in [1.29, 1.82) is 0 Å². The van der Waals surface area contributed by atoms with Crippen LogP contribution in [0.5, 0.6) is 5.75 Å². The fourth-order valence-electron chi connectivity index (χ4n) is 3.10. The molecule has 0 aliphatic carbocycles. The van der Waals surface area contributed by atoms with Gasteiger partial charge >= 0.3 is 0 Å². The maximum absolute atomic E-state index is 12.5. The van der Waals surface area contributed by atoms with Gasteiger partial charge in [0, 0.05) is 18.7 Å². The Labute approximate surface area is 134 Å². The molecule has 22 heavy (non-hydrogen) atoms. The van der Waals surface area contributed by atoms with E-state index in [-0.39, 0.29) is 22.7 Å². The number of rotatable bonds is 4. The van der Waals surface area contributed by atoms with Gasteiger partial charge in [0.25, 0.3) is 0 Å². The van der Waals surface area contributed by atoms with E-state index in [9.17, 15) is 9.59 Å². The molecular weight excluding hydrogens is 300 g/mol. The van der Waals surface area contributed by atoms with Crippen molar-refractivity contribution in [1.82, 2.24) is 10.2 Å². The molecule has 2 aliphatic heterocycles. The van der Waals surface area contributed by atoms with Crippen molar-refractivity contribution < 1.29 is 14.3 Å².